The van der Waals surface area contributed by atoms with Gasteiger partial charge in [-0.15, -0.1) is 12.3 Å². The summed E-state index contributed by atoms with van der Waals surface area (Å²) in [5.41, 5.74) is -1.41. The lowest BCUT2D eigenvalue weighted by Gasteiger charge is -2.06. The molecule has 0 aliphatic heterocycles. The van der Waals surface area contributed by atoms with Crippen molar-refractivity contribution in [1.82, 2.24) is 0 Å². The van der Waals surface area contributed by atoms with Gasteiger partial charge in [0.25, 0.3) is 0 Å². The topological polar surface area (TPSA) is 17.1 Å². The number of benzene rings is 1. The lowest BCUT2D eigenvalue weighted by molar-refractivity contribution is 0.0969. The van der Waals surface area contributed by atoms with E-state index in [1.54, 1.807) is 0 Å². The minimum absolute atomic E-state index is 0.106. The Labute approximate surface area is 99.6 Å². The Kier molecular flexibility index (Phi) is 4.43. The SMILES string of the molecule is C#CCCCC(=O)c1c(F)c(F)c(F)c(F)c1F. The molecule has 0 aliphatic rings. The molecule has 1 aromatic rings. The summed E-state index contributed by atoms with van der Waals surface area (Å²) < 4.78 is 64.7. The van der Waals surface area contributed by atoms with Gasteiger partial charge in [0.1, 0.15) is 0 Å². The van der Waals surface area contributed by atoms with Gasteiger partial charge in [-0.05, 0) is 6.42 Å². The van der Waals surface area contributed by atoms with Crippen LogP contribution in [-0.4, -0.2) is 5.78 Å². The van der Waals surface area contributed by atoms with Gasteiger partial charge in [-0.1, -0.05) is 0 Å². The van der Waals surface area contributed by atoms with Crippen molar-refractivity contribution < 1.29 is 26.7 Å². The largest absolute Gasteiger partial charge is 0.294 e. The fraction of sp³-hybridized carbons (Fsp3) is 0.250. The number of unbranched alkanes of at least 4 members (excludes halogenated alkanes) is 1. The van der Waals surface area contributed by atoms with Crippen LogP contribution >= 0.6 is 0 Å². The summed E-state index contributed by atoms with van der Waals surface area (Å²) in [6, 6.07) is 0. The molecule has 1 nitrogen and oxygen atoms in total. The molecule has 0 atom stereocenters. The van der Waals surface area contributed by atoms with E-state index in [-0.39, 0.29) is 19.3 Å². The maximum Gasteiger partial charge on any atom is 0.200 e. The van der Waals surface area contributed by atoms with E-state index in [9.17, 15) is 26.7 Å². The van der Waals surface area contributed by atoms with Crippen LogP contribution in [0, 0.1) is 41.4 Å². The molecule has 0 saturated carbocycles. The van der Waals surface area contributed by atoms with Crippen LogP contribution in [0.2, 0.25) is 0 Å². The summed E-state index contributed by atoms with van der Waals surface area (Å²) in [4.78, 5) is 11.4. The van der Waals surface area contributed by atoms with Crippen LogP contribution < -0.4 is 0 Å². The number of terminal acetylenes is 1. The smallest absolute Gasteiger partial charge is 0.200 e. The van der Waals surface area contributed by atoms with E-state index >= 15 is 0 Å². The van der Waals surface area contributed by atoms with Gasteiger partial charge in [0.15, 0.2) is 29.1 Å². The Balaban J connectivity index is 3.17. The normalized spacial score (nSPS) is 10.2. The first-order valence-corrected chi connectivity index (χ1v) is 4.89. The molecule has 1 rings (SSSR count). The summed E-state index contributed by atoms with van der Waals surface area (Å²) in [6.07, 6.45) is 4.79. The zero-order chi connectivity index (χ0) is 13.9. The molecule has 96 valence electrons. The van der Waals surface area contributed by atoms with E-state index < -0.39 is 40.4 Å². The molecule has 6 heteroatoms. The molecule has 0 radical (unpaired) electrons. The quantitative estimate of drug-likeness (QED) is 0.203. The highest BCUT2D eigenvalue weighted by Crippen LogP contribution is 2.24. The summed E-state index contributed by atoms with van der Waals surface area (Å²) in [6.45, 7) is 0. The molecule has 0 aromatic heterocycles. The lowest BCUT2D eigenvalue weighted by atomic mass is 10.0. The van der Waals surface area contributed by atoms with Crippen LogP contribution in [0.4, 0.5) is 22.0 Å². The third-order valence-corrected chi connectivity index (χ3v) is 2.21. The number of Topliss-reactive ketones (excluding diaryl/α,β-unsaturated/α-hetero) is 1. The summed E-state index contributed by atoms with van der Waals surface area (Å²) >= 11 is 0. The Morgan fingerprint density at radius 1 is 0.944 bits per heavy atom. The Morgan fingerprint density at radius 2 is 1.39 bits per heavy atom. The standard InChI is InChI=1S/C12H7F5O/c1-2-3-4-5-6(18)7-8(13)10(15)12(17)11(16)9(7)14/h1H,3-5H2. The molecule has 0 heterocycles. The van der Waals surface area contributed by atoms with Crippen molar-refractivity contribution in [1.29, 1.82) is 0 Å². The first-order chi connectivity index (χ1) is 8.41. The van der Waals surface area contributed by atoms with Crippen LogP contribution in [0.1, 0.15) is 29.6 Å². The number of carbonyl (C=O) groups is 1. The molecule has 0 fully saturated rings. The van der Waals surface area contributed by atoms with E-state index in [0.29, 0.717) is 0 Å². The fourth-order valence-corrected chi connectivity index (χ4v) is 1.33. The highest BCUT2D eigenvalue weighted by atomic mass is 19.2. The molecule has 0 saturated heterocycles. The highest BCUT2D eigenvalue weighted by molar-refractivity contribution is 5.96. The zero-order valence-corrected chi connectivity index (χ0v) is 9.00. The second-order valence-electron chi connectivity index (χ2n) is 3.43. The van der Waals surface area contributed by atoms with Gasteiger partial charge in [-0.25, -0.2) is 22.0 Å². The molecule has 1 aromatic carbocycles. The molecule has 0 amide bonds. The summed E-state index contributed by atoms with van der Waals surface area (Å²) in [5, 5.41) is 0. The molecular formula is C12H7F5O. The van der Waals surface area contributed by atoms with Gasteiger partial charge in [-0.2, -0.15) is 0 Å². The second-order valence-corrected chi connectivity index (χ2v) is 3.43. The minimum atomic E-state index is -2.29. The summed E-state index contributed by atoms with van der Waals surface area (Å²) in [7, 11) is 0. The fourth-order valence-electron chi connectivity index (χ4n) is 1.33. The van der Waals surface area contributed by atoms with Gasteiger partial charge >= 0.3 is 0 Å². The monoisotopic (exact) mass is 262 g/mol. The average Bonchev–Trinajstić information content (AvgIpc) is 2.34. The lowest BCUT2D eigenvalue weighted by Crippen LogP contribution is -2.12. The van der Waals surface area contributed by atoms with E-state index in [1.807, 2.05) is 0 Å². The highest BCUT2D eigenvalue weighted by Gasteiger charge is 2.29. The van der Waals surface area contributed by atoms with Gasteiger partial charge in [0.2, 0.25) is 5.82 Å². The number of hydrogen-bond donors (Lipinski definition) is 0. The number of halogens is 5. The van der Waals surface area contributed by atoms with Crippen LogP contribution in [-0.2, 0) is 0 Å². The third kappa shape index (κ3) is 2.50. The summed E-state index contributed by atoms with van der Waals surface area (Å²) in [5.74, 6) is -9.76. The van der Waals surface area contributed by atoms with Crippen molar-refractivity contribution in [2.75, 3.05) is 0 Å². The maximum atomic E-state index is 13.2. The second kappa shape index (κ2) is 5.63. The minimum Gasteiger partial charge on any atom is -0.294 e. The van der Waals surface area contributed by atoms with Gasteiger partial charge in [-0.3, -0.25) is 4.79 Å². The van der Waals surface area contributed by atoms with Crippen LogP contribution in [0.15, 0.2) is 0 Å². The van der Waals surface area contributed by atoms with Crippen LogP contribution in [0.3, 0.4) is 0 Å². The van der Waals surface area contributed by atoms with Crippen molar-refractivity contribution >= 4 is 5.78 Å². The number of carbonyl (C=O) groups excluding carboxylic acids is 1. The molecule has 0 unspecified atom stereocenters. The molecular weight excluding hydrogens is 255 g/mol. The first-order valence-electron chi connectivity index (χ1n) is 4.89. The van der Waals surface area contributed by atoms with Crippen LogP contribution in [0.5, 0.6) is 0 Å². The van der Waals surface area contributed by atoms with E-state index in [1.165, 1.54) is 0 Å². The predicted octanol–water partition coefficient (Wildman–Crippen LogP) is 3.37. The Morgan fingerprint density at radius 3 is 1.83 bits per heavy atom. The molecule has 0 N–H and O–H groups in total. The van der Waals surface area contributed by atoms with E-state index in [2.05, 4.69) is 5.92 Å². The molecule has 0 bridgehead atoms. The maximum absolute atomic E-state index is 13.2. The van der Waals surface area contributed by atoms with E-state index in [0.717, 1.165) is 0 Å². The van der Waals surface area contributed by atoms with Crippen molar-refractivity contribution in [3.8, 4) is 12.3 Å². The number of ketones is 1. The zero-order valence-electron chi connectivity index (χ0n) is 9.00. The first kappa shape index (κ1) is 14.2. The Bertz CT molecular complexity index is 501. The molecule has 0 aliphatic carbocycles. The van der Waals surface area contributed by atoms with Gasteiger partial charge < -0.3 is 0 Å². The third-order valence-electron chi connectivity index (χ3n) is 2.21. The van der Waals surface area contributed by atoms with E-state index in [4.69, 9.17) is 6.42 Å². The number of hydrogen-bond acceptors (Lipinski definition) is 1. The van der Waals surface area contributed by atoms with Crippen molar-refractivity contribution in [2.24, 2.45) is 0 Å². The molecule has 0 spiro atoms. The number of rotatable bonds is 4. The average molecular weight is 262 g/mol. The molecule has 18 heavy (non-hydrogen) atoms. The van der Waals surface area contributed by atoms with Gasteiger partial charge in [0, 0.05) is 12.8 Å². The van der Waals surface area contributed by atoms with Crippen molar-refractivity contribution in [3.05, 3.63) is 34.6 Å². The predicted molar refractivity (Wildman–Crippen MR) is 53.2 cm³/mol. The van der Waals surface area contributed by atoms with Crippen LogP contribution in [0.25, 0.3) is 0 Å². The van der Waals surface area contributed by atoms with Crippen molar-refractivity contribution in [3.63, 3.8) is 0 Å². The van der Waals surface area contributed by atoms with Crippen molar-refractivity contribution in [2.45, 2.75) is 19.3 Å². The van der Waals surface area contributed by atoms with Gasteiger partial charge in [0.05, 0.1) is 5.56 Å². The Hall–Kier alpha value is -1.90.